The quantitative estimate of drug-likeness (QED) is 0.617. The van der Waals surface area contributed by atoms with Crippen molar-refractivity contribution in [3.63, 3.8) is 0 Å². The van der Waals surface area contributed by atoms with Gasteiger partial charge in [-0.15, -0.1) is 0 Å². The lowest BCUT2D eigenvalue weighted by molar-refractivity contribution is -0.353. The number of amides is 1. The van der Waals surface area contributed by atoms with Crippen LogP contribution in [0.2, 0.25) is 0 Å². The predicted molar refractivity (Wildman–Crippen MR) is 112 cm³/mol. The van der Waals surface area contributed by atoms with Crippen LogP contribution in [0.3, 0.4) is 0 Å². The summed E-state index contributed by atoms with van der Waals surface area (Å²) in [5.74, 6) is -1.72. The van der Waals surface area contributed by atoms with Crippen molar-refractivity contribution in [3.05, 3.63) is 71.8 Å². The molecule has 1 amide bonds. The molecule has 9 heteroatoms. The van der Waals surface area contributed by atoms with Crippen LogP contribution in [-0.2, 0) is 39.9 Å². The number of ether oxygens (including phenoxy) is 5. The van der Waals surface area contributed by atoms with Crippen molar-refractivity contribution in [2.45, 2.75) is 50.5 Å². The molecule has 0 aromatic heterocycles. The Hall–Kier alpha value is -2.82. The molecule has 9 nitrogen and oxygen atoms in total. The van der Waals surface area contributed by atoms with Gasteiger partial charge in [0.15, 0.2) is 12.6 Å². The van der Waals surface area contributed by atoms with E-state index in [1.807, 2.05) is 60.7 Å². The van der Waals surface area contributed by atoms with Gasteiger partial charge in [-0.1, -0.05) is 60.7 Å². The fourth-order valence-corrected chi connectivity index (χ4v) is 4.00. The van der Waals surface area contributed by atoms with Crippen LogP contribution in [0.25, 0.3) is 0 Å². The van der Waals surface area contributed by atoms with E-state index in [1.165, 1.54) is 6.92 Å². The smallest absolute Gasteiger partial charge is 0.217 e. The van der Waals surface area contributed by atoms with Gasteiger partial charge < -0.3 is 38.9 Å². The van der Waals surface area contributed by atoms with Gasteiger partial charge in [-0.25, -0.2) is 0 Å². The molecule has 6 atom stereocenters. The van der Waals surface area contributed by atoms with Crippen molar-refractivity contribution < 1.29 is 38.4 Å². The van der Waals surface area contributed by atoms with E-state index in [2.05, 4.69) is 5.32 Å². The lowest BCUT2D eigenvalue weighted by atomic mass is 9.95. The van der Waals surface area contributed by atoms with E-state index < -0.39 is 49.5 Å². The molecule has 176 valence electrons. The molecule has 2 aliphatic rings. The lowest BCUT2D eigenvalue weighted by Crippen LogP contribution is -2.67. The second kappa shape index (κ2) is 10.9. The summed E-state index contributed by atoms with van der Waals surface area (Å²) in [6.45, 7) is 1.08. The summed E-state index contributed by atoms with van der Waals surface area (Å²) in [5.41, 5.74) is 1.71. The number of carbonyl (C=O) groups is 2. The first-order valence-corrected chi connectivity index (χ1v) is 10.7. The first-order valence-electron chi connectivity index (χ1n) is 10.7. The van der Waals surface area contributed by atoms with E-state index in [0.717, 1.165) is 11.1 Å². The molecule has 0 aliphatic carbocycles. The summed E-state index contributed by atoms with van der Waals surface area (Å²) in [6.07, 6.45) is -3.78. The minimum absolute atomic E-state index is 0.174. The Labute approximate surface area is 191 Å². The van der Waals surface area contributed by atoms with Gasteiger partial charge in [-0.05, 0) is 5.56 Å². The van der Waals surface area contributed by atoms with Crippen LogP contribution in [0.4, 0.5) is 0 Å². The number of hydrogen-bond acceptors (Lipinski definition) is 8. The molecule has 33 heavy (non-hydrogen) atoms. The van der Waals surface area contributed by atoms with Crippen LogP contribution < -0.4 is 10.4 Å². The van der Waals surface area contributed by atoms with Crippen LogP contribution in [0, 0.1) is 0 Å². The maximum absolute atomic E-state index is 12.0. The second-order valence-electron chi connectivity index (χ2n) is 7.89. The molecule has 4 rings (SSSR count). The minimum Gasteiger partial charge on any atom is -0.548 e. The predicted octanol–water partition coefficient (Wildman–Crippen LogP) is 0.682. The number of benzene rings is 2. The fraction of sp³-hybridized carbons (Fsp3) is 0.417. The zero-order chi connectivity index (χ0) is 23.2. The number of aliphatic carboxylic acids is 1. The van der Waals surface area contributed by atoms with Crippen molar-refractivity contribution in [2.75, 3.05) is 13.2 Å². The summed E-state index contributed by atoms with van der Waals surface area (Å²) < 4.78 is 29.8. The van der Waals surface area contributed by atoms with Gasteiger partial charge in [-0.2, -0.15) is 0 Å². The molecule has 2 fully saturated rings. The highest BCUT2D eigenvalue weighted by molar-refractivity contribution is 5.73. The maximum Gasteiger partial charge on any atom is 0.217 e. The summed E-state index contributed by atoms with van der Waals surface area (Å²) in [5, 5.41) is 13.9. The third-order valence-electron chi connectivity index (χ3n) is 5.43. The number of hydrogen-bond donors (Lipinski definition) is 1. The highest BCUT2D eigenvalue weighted by Gasteiger charge is 2.51. The molecule has 0 radical (unpaired) electrons. The summed E-state index contributed by atoms with van der Waals surface area (Å²) >= 11 is 0. The van der Waals surface area contributed by atoms with Gasteiger partial charge in [0.1, 0.15) is 24.4 Å². The van der Waals surface area contributed by atoms with Gasteiger partial charge in [0.05, 0.1) is 25.8 Å². The Kier molecular flexibility index (Phi) is 7.69. The Morgan fingerprint density at radius 1 is 1.03 bits per heavy atom. The zero-order valence-corrected chi connectivity index (χ0v) is 18.1. The lowest BCUT2D eigenvalue weighted by Gasteiger charge is -2.49. The Bertz CT molecular complexity index is 925. The molecular weight excluding hydrogens is 430 g/mol. The largest absolute Gasteiger partial charge is 0.548 e. The molecule has 1 N–H and O–H groups in total. The summed E-state index contributed by atoms with van der Waals surface area (Å²) in [6, 6.07) is 18.0. The Balaban J connectivity index is 1.56. The molecule has 0 bridgehead atoms. The van der Waals surface area contributed by atoms with Crippen LogP contribution in [-0.4, -0.2) is 55.7 Å². The average Bonchev–Trinajstić information content (AvgIpc) is 2.82. The first-order chi connectivity index (χ1) is 16.0. The molecule has 2 aromatic rings. The van der Waals surface area contributed by atoms with E-state index in [9.17, 15) is 14.7 Å². The number of rotatable bonds is 8. The minimum atomic E-state index is -1.38. The monoisotopic (exact) mass is 456 g/mol. The molecule has 2 aliphatic heterocycles. The molecule has 0 saturated carbocycles. The summed E-state index contributed by atoms with van der Waals surface area (Å²) in [4.78, 5) is 23.1. The van der Waals surface area contributed by atoms with E-state index in [0.29, 0.717) is 0 Å². The highest BCUT2D eigenvalue weighted by atomic mass is 16.8. The van der Waals surface area contributed by atoms with Gasteiger partial charge in [-0.3, -0.25) is 4.79 Å². The molecule has 2 heterocycles. The van der Waals surface area contributed by atoms with Crippen molar-refractivity contribution >= 4 is 11.9 Å². The van der Waals surface area contributed by atoms with Crippen LogP contribution in [0.1, 0.15) is 24.3 Å². The number of carbonyl (C=O) groups excluding carboxylic acids is 2. The normalized spacial score (nSPS) is 29.1. The van der Waals surface area contributed by atoms with E-state index in [-0.39, 0.29) is 19.1 Å². The van der Waals surface area contributed by atoms with Crippen molar-refractivity contribution in [1.29, 1.82) is 0 Å². The van der Waals surface area contributed by atoms with E-state index >= 15 is 0 Å². The third kappa shape index (κ3) is 5.95. The molecule has 0 spiro atoms. The number of carboxylic acid groups (broad SMARTS) is 1. The molecule has 2 aromatic carbocycles. The SMILES string of the molecule is CC(=O)N[C@H]1[C@H](OCc2ccccc2)O[C@@H]2CO[C@H](c3ccccc3)O[C@H]2[C@@H]1OCC(=O)[O-]. The molecule has 0 unspecified atom stereocenters. The maximum atomic E-state index is 12.0. The van der Waals surface area contributed by atoms with Crippen LogP contribution >= 0.6 is 0 Å². The number of fused-ring (bicyclic) bond motifs is 1. The molecular formula is C24H26NO8-. The second-order valence-corrected chi connectivity index (χ2v) is 7.89. The zero-order valence-electron chi connectivity index (χ0n) is 18.1. The Morgan fingerprint density at radius 2 is 1.73 bits per heavy atom. The van der Waals surface area contributed by atoms with Crippen LogP contribution in [0.5, 0.6) is 0 Å². The van der Waals surface area contributed by atoms with Crippen LogP contribution in [0.15, 0.2) is 60.7 Å². The average molecular weight is 456 g/mol. The summed E-state index contributed by atoms with van der Waals surface area (Å²) in [7, 11) is 0. The van der Waals surface area contributed by atoms with Crippen molar-refractivity contribution in [3.8, 4) is 0 Å². The van der Waals surface area contributed by atoms with Crippen molar-refractivity contribution in [2.24, 2.45) is 0 Å². The fourth-order valence-electron chi connectivity index (χ4n) is 4.00. The number of carboxylic acids is 1. The first kappa shape index (κ1) is 23.3. The van der Waals surface area contributed by atoms with Crippen molar-refractivity contribution in [1.82, 2.24) is 5.32 Å². The Morgan fingerprint density at radius 3 is 2.39 bits per heavy atom. The van der Waals surface area contributed by atoms with Gasteiger partial charge in [0, 0.05) is 12.5 Å². The van der Waals surface area contributed by atoms with E-state index in [4.69, 9.17) is 23.7 Å². The topological polar surface area (TPSA) is 115 Å². The van der Waals surface area contributed by atoms with Gasteiger partial charge >= 0.3 is 0 Å². The molecule has 2 saturated heterocycles. The highest BCUT2D eigenvalue weighted by Crippen LogP contribution is 2.35. The van der Waals surface area contributed by atoms with E-state index in [1.54, 1.807) is 0 Å². The van der Waals surface area contributed by atoms with Gasteiger partial charge in [0.2, 0.25) is 5.91 Å². The van der Waals surface area contributed by atoms with Gasteiger partial charge in [0.25, 0.3) is 0 Å². The standard InChI is InChI=1S/C24H27NO8/c1-15(26)25-20-22(29-14-19(27)28)21-18(13-31-23(33-21)17-10-6-3-7-11-17)32-24(20)30-12-16-8-4-2-5-9-16/h2-11,18,20-24H,12-14H2,1H3,(H,25,26)(H,27,28)/p-1/t18-,20-,21-,22-,23+,24-/m1/s1. The number of nitrogens with one attached hydrogen (secondary N) is 1. The third-order valence-corrected chi connectivity index (χ3v) is 5.43.